The Hall–Kier alpha value is -1.48. The maximum absolute atomic E-state index is 5.37. The molecule has 0 saturated carbocycles. The van der Waals surface area contributed by atoms with Crippen molar-refractivity contribution in [3.8, 4) is 5.75 Å². The molecule has 0 aliphatic heterocycles. The van der Waals surface area contributed by atoms with E-state index in [1.54, 1.807) is 7.11 Å². The summed E-state index contributed by atoms with van der Waals surface area (Å²) < 4.78 is 5.37. The molecule has 0 saturated heterocycles. The normalized spacial score (nSPS) is 10.8. The van der Waals surface area contributed by atoms with E-state index in [0.717, 1.165) is 24.2 Å². The van der Waals surface area contributed by atoms with Crippen molar-refractivity contribution in [2.24, 2.45) is 0 Å². The smallest absolute Gasteiger partial charge is 0.128 e. The highest BCUT2D eigenvalue weighted by molar-refractivity contribution is 5.89. The minimum absolute atomic E-state index is 0.944. The van der Waals surface area contributed by atoms with Gasteiger partial charge in [0.15, 0.2) is 0 Å². The molecule has 15 heavy (non-hydrogen) atoms. The zero-order chi connectivity index (χ0) is 10.7. The number of nitrogens with one attached hydrogen (secondary N) is 2. The summed E-state index contributed by atoms with van der Waals surface area (Å²) in [5, 5.41) is 4.36. The average Bonchev–Trinajstić information content (AvgIpc) is 2.69. The molecular weight excluding hydrogens is 188 g/mol. The lowest BCUT2D eigenvalue weighted by molar-refractivity contribution is 0.419. The number of fused-ring (bicyclic) bond motifs is 1. The first-order chi connectivity index (χ1) is 7.36. The largest absolute Gasteiger partial charge is 0.496 e. The molecule has 0 bridgehead atoms. The Balaban J connectivity index is 2.46. The molecule has 80 valence electrons. The lowest BCUT2D eigenvalue weighted by Crippen LogP contribution is -2.09. The lowest BCUT2D eigenvalue weighted by atomic mass is 10.1. The quantitative estimate of drug-likeness (QED) is 0.798. The van der Waals surface area contributed by atoms with Crippen LogP contribution in [-0.4, -0.2) is 25.7 Å². The fraction of sp³-hybridized carbons (Fsp3) is 0.333. The van der Waals surface area contributed by atoms with Gasteiger partial charge in [-0.3, -0.25) is 0 Å². The van der Waals surface area contributed by atoms with Gasteiger partial charge in [0.2, 0.25) is 0 Å². The highest BCUT2D eigenvalue weighted by Gasteiger charge is 2.07. The van der Waals surface area contributed by atoms with Gasteiger partial charge in [-0.2, -0.15) is 0 Å². The molecule has 0 fully saturated rings. The standard InChI is InChI=1S/C12H16N2O/c1-13-7-6-9-8-14-10-4-3-5-11(15-2)12(9)10/h3-5,8,13-14H,6-7H2,1-2H3. The molecule has 2 rings (SSSR count). The van der Waals surface area contributed by atoms with Crippen molar-refractivity contribution in [1.82, 2.24) is 10.3 Å². The minimum Gasteiger partial charge on any atom is -0.496 e. The number of likely N-dealkylation sites (N-methyl/N-ethyl adjacent to an activating group) is 1. The average molecular weight is 204 g/mol. The number of methoxy groups -OCH3 is 1. The zero-order valence-corrected chi connectivity index (χ0v) is 9.13. The first-order valence-corrected chi connectivity index (χ1v) is 5.14. The maximum Gasteiger partial charge on any atom is 0.128 e. The fourth-order valence-electron chi connectivity index (χ4n) is 1.85. The van der Waals surface area contributed by atoms with E-state index in [1.807, 2.05) is 19.2 Å². The Morgan fingerprint density at radius 1 is 1.40 bits per heavy atom. The van der Waals surface area contributed by atoms with Crippen LogP contribution in [0.4, 0.5) is 0 Å². The molecule has 1 aromatic carbocycles. The van der Waals surface area contributed by atoms with Crippen molar-refractivity contribution < 1.29 is 4.74 Å². The summed E-state index contributed by atoms with van der Waals surface area (Å²) >= 11 is 0. The molecule has 0 spiro atoms. The fourth-order valence-corrected chi connectivity index (χ4v) is 1.85. The van der Waals surface area contributed by atoms with Crippen LogP contribution < -0.4 is 10.1 Å². The van der Waals surface area contributed by atoms with Gasteiger partial charge >= 0.3 is 0 Å². The highest BCUT2D eigenvalue weighted by atomic mass is 16.5. The lowest BCUT2D eigenvalue weighted by Gasteiger charge is -2.04. The minimum atomic E-state index is 0.944. The van der Waals surface area contributed by atoms with Gasteiger partial charge in [0.25, 0.3) is 0 Å². The third-order valence-electron chi connectivity index (χ3n) is 2.61. The monoisotopic (exact) mass is 204 g/mol. The van der Waals surface area contributed by atoms with Crippen molar-refractivity contribution >= 4 is 10.9 Å². The summed E-state index contributed by atoms with van der Waals surface area (Å²) in [4.78, 5) is 3.26. The van der Waals surface area contributed by atoms with Gasteiger partial charge in [0.1, 0.15) is 5.75 Å². The predicted molar refractivity (Wildman–Crippen MR) is 62.5 cm³/mol. The third kappa shape index (κ3) is 1.83. The van der Waals surface area contributed by atoms with Crippen molar-refractivity contribution in [2.45, 2.75) is 6.42 Å². The number of hydrogen-bond donors (Lipinski definition) is 2. The molecule has 3 nitrogen and oxygen atoms in total. The zero-order valence-electron chi connectivity index (χ0n) is 9.13. The number of benzene rings is 1. The van der Waals surface area contributed by atoms with E-state index in [4.69, 9.17) is 4.74 Å². The molecule has 2 aromatic rings. The summed E-state index contributed by atoms with van der Waals surface area (Å²) in [5.41, 5.74) is 2.44. The topological polar surface area (TPSA) is 37.0 Å². The number of ether oxygens (including phenoxy) is 1. The van der Waals surface area contributed by atoms with Crippen LogP contribution >= 0.6 is 0 Å². The van der Waals surface area contributed by atoms with E-state index < -0.39 is 0 Å². The molecule has 0 aliphatic carbocycles. The van der Waals surface area contributed by atoms with Gasteiger partial charge in [0, 0.05) is 17.1 Å². The number of H-pyrrole nitrogens is 1. The number of aromatic nitrogens is 1. The van der Waals surface area contributed by atoms with Crippen LogP contribution in [0, 0.1) is 0 Å². The van der Waals surface area contributed by atoms with Gasteiger partial charge in [0.05, 0.1) is 7.11 Å². The van der Waals surface area contributed by atoms with E-state index in [9.17, 15) is 0 Å². The first kappa shape index (κ1) is 10.1. The molecule has 2 N–H and O–H groups in total. The summed E-state index contributed by atoms with van der Waals surface area (Å²) in [6.07, 6.45) is 3.07. The Bertz CT molecular complexity index is 448. The second-order valence-electron chi connectivity index (χ2n) is 3.55. The van der Waals surface area contributed by atoms with Gasteiger partial charge in [-0.05, 0) is 37.7 Å². The number of hydrogen-bond acceptors (Lipinski definition) is 2. The highest BCUT2D eigenvalue weighted by Crippen LogP contribution is 2.28. The van der Waals surface area contributed by atoms with Crippen LogP contribution in [0.2, 0.25) is 0 Å². The van der Waals surface area contributed by atoms with Gasteiger partial charge in [-0.15, -0.1) is 0 Å². The Labute approximate surface area is 89.4 Å². The molecule has 0 radical (unpaired) electrons. The van der Waals surface area contributed by atoms with E-state index >= 15 is 0 Å². The van der Waals surface area contributed by atoms with E-state index in [2.05, 4.69) is 22.6 Å². The van der Waals surface area contributed by atoms with Crippen molar-refractivity contribution in [3.05, 3.63) is 30.0 Å². The number of rotatable bonds is 4. The van der Waals surface area contributed by atoms with Crippen LogP contribution in [0.15, 0.2) is 24.4 Å². The molecule has 0 aliphatic rings. The summed E-state index contributed by atoms with van der Waals surface area (Å²) in [6.45, 7) is 0.977. The molecule has 0 amide bonds. The summed E-state index contributed by atoms with van der Waals surface area (Å²) in [6, 6.07) is 6.07. The second kappa shape index (κ2) is 4.36. The summed E-state index contributed by atoms with van der Waals surface area (Å²) in [5.74, 6) is 0.944. The van der Waals surface area contributed by atoms with E-state index in [0.29, 0.717) is 0 Å². The molecular formula is C12H16N2O. The van der Waals surface area contributed by atoms with Crippen LogP contribution in [0.25, 0.3) is 10.9 Å². The van der Waals surface area contributed by atoms with Crippen LogP contribution in [-0.2, 0) is 6.42 Å². The predicted octanol–water partition coefficient (Wildman–Crippen LogP) is 1.94. The molecule has 0 unspecified atom stereocenters. The van der Waals surface area contributed by atoms with Gasteiger partial charge in [-0.25, -0.2) is 0 Å². The Kier molecular flexibility index (Phi) is 2.92. The second-order valence-corrected chi connectivity index (χ2v) is 3.55. The van der Waals surface area contributed by atoms with Crippen molar-refractivity contribution in [3.63, 3.8) is 0 Å². The molecule has 1 aromatic heterocycles. The van der Waals surface area contributed by atoms with Crippen molar-refractivity contribution in [1.29, 1.82) is 0 Å². The van der Waals surface area contributed by atoms with E-state index in [-0.39, 0.29) is 0 Å². The van der Waals surface area contributed by atoms with Crippen LogP contribution in [0.3, 0.4) is 0 Å². The van der Waals surface area contributed by atoms with Crippen molar-refractivity contribution in [2.75, 3.05) is 20.7 Å². The van der Waals surface area contributed by atoms with E-state index in [1.165, 1.54) is 10.9 Å². The number of aromatic amines is 1. The Morgan fingerprint density at radius 2 is 2.27 bits per heavy atom. The molecule has 0 atom stereocenters. The van der Waals surface area contributed by atoms with Gasteiger partial charge in [-0.1, -0.05) is 6.07 Å². The van der Waals surface area contributed by atoms with Gasteiger partial charge < -0.3 is 15.0 Å². The van der Waals surface area contributed by atoms with Crippen LogP contribution in [0.1, 0.15) is 5.56 Å². The summed E-state index contributed by atoms with van der Waals surface area (Å²) in [7, 11) is 3.68. The van der Waals surface area contributed by atoms with Crippen LogP contribution in [0.5, 0.6) is 5.75 Å². The SMILES string of the molecule is CNCCc1c[nH]c2cccc(OC)c12. The first-order valence-electron chi connectivity index (χ1n) is 5.14. The Morgan fingerprint density at radius 3 is 3.00 bits per heavy atom. The molecule has 3 heteroatoms. The third-order valence-corrected chi connectivity index (χ3v) is 2.61. The maximum atomic E-state index is 5.37. The molecule has 1 heterocycles.